The van der Waals surface area contributed by atoms with Gasteiger partial charge in [-0.25, -0.2) is 4.79 Å². The largest absolute Gasteiger partial charge is 0.457 e. The van der Waals surface area contributed by atoms with Gasteiger partial charge >= 0.3 is 5.97 Å². The summed E-state index contributed by atoms with van der Waals surface area (Å²) in [4.78, 5) is 18.4. The third-order valence-electron chi connectivity index (χ3n) is 4.20. The molecule has 2 aliphatic rings. The first-order valence-electron chi connectivity index (χ1n) is 7.65. The molecule has 0 spiro atoms. The number of carbonyl (C=O) groups excluding carboxylic acids is 1. The van der Waals surface area contributed by atoms with Crippen molar-refractivity contribution in [2.24, 2.45) is 0 Å². The predicted octanol–water partition coefficient (Wildman–Crippen LogP) is 3.48. The van der Waals surface area contributed by atoms with E-state index < -0.39 is 5.92 Å². The second-order valence-electron chi connectivity index (χ2n) is 5.66. The fourth-order valence-corrected chi connectivity index (χ4v) is 3.12. The number of hydrogen-bond acceptors (Lipinski definition) is 4. The minimum Gasteiger partial charge on any atom is -0.457 e. The third-order valence-corrected chi connectivity index (χ3v) is 4.20. The van der Waals surface area contributed by atoms with Crippen LogP contribution < -0.4 is 4.74 Å². The fourth-order valence-electron chi connectivity index (χ4n) is 3.12. The van der Waals surface area contributed by atoms with Crippen molar-refractivity contribution in [3.63, 3.8) is 0 Å². The number of ether oxygens (including phenoxy) is 1. The van der Waals surface area contributed by atoms with Gasteiger partial charge in [0.2, 0.25) is 0 Å². The highest BCUT2D eigenvalue weighted by molar-refractivity contribution is 5.85. The van der Waals surface area contributed by atoms with E-state index in [2.05, 4.69) is 0 Å². The Hall–Kier alpha value is -2.33. The summed E-state index contributed by atoms with van der Waals surface area (Å²) in [5.74, 6) is 0.793. The van der Waals surface area contributed by atoms with E-state index in [1.165, 1.54) is 0 Å². The average Bonchev–Trinajstić information content (AvgIpc) is 3.05. The third kappa shape index (κ3) is 2.25. The fraction of sp³-hybridized carbons (Fsp3) is 0.278. The molecule has 0 aliphatic carbocycles. The molecule has 0 unspecified atom stereocenters. The maximum absolute atomic E-state index is 12.8. The van der Waals surface area contributed by atoms with Crippen LogP contribution in [0.4, 0.5) is 0 Å². The number of benzene rings is 2. The number of rotatable bonds is 2. The highest BCUT2D eigenvalue weighted by Crippen LogP contribution is 2.44. The summed E-state index contributed by atoms with van der Waals surface area (Å²) in [7, 11) is 0. The van der Waals surface area contributed by atoms with Crippen LogP contribution in [0, 0.1) is 0 Å². The maximum atomic E-state index is 12.8. The number of fused-ring (bicyclic) bond motifs is 2. The summed E-state index contributed by atoms with van der Waals surface area (Å²) >= 11 is 0. The molecule has 0 radical (unpaired) electrons. The van der Waals surface area contributed by atoms with Gasteiger partial charge in [0.25, 0.3) is 0 Å². The van der Waals surface area contributed by atoms with Crippen LogP contribution in [0.1, 0.15) is 29.9 Å². The first kappa shape index (κ1) is 13.3. The van der Waals surface area contributed by atoms with Crippen LogP contribution in [-0.2, 0) is 9.63 Å². The quantitative estimate of drug-likeness (QED) is 0.850. The van der Waals surface area contributed by atoms with Crippen LogP contribution in [0.2, 0.25) is 0 Å². The first-order chi connectivity index (χ1) is 10.8. The molecule has 2 aromatic carbocycles. The molecule has 0 aromatic heterocycles. The molecule has 4 heteroatoms. The van der Waals surface area contributed by atoms with E-state index in [9.17, 15) is 4.79 Å². The van der Waals surface area contributed by atoms with Gasteiger partial charge in [0, 0.05) is 24.2 Å². The molecule has 2 aliphatic heterocycles. The van der Waals surface area contributed by atoms with Crippen LogP contribution >= 0.6 is 0 Å². The number of hydrogen-bond donors (Lipinski definition) is 0. The zero-order valence-corrected chi connectivity index (χ0v) is 12.2. The zero-order valence-electron chi connectivity index (χ0n) is 12.2. The molecular formula is C18H17NO3. The molecule has 2 aromatic rings. The van der Waals surface area contributed by atoms with Gasteiger partial charge in [0.15, 0.2) is 0 Å². The van der Waals surface area contributed by atoms with Crippen LogP contribution in [0.25, 0.3) is 0 Å². The van der Waals surface area contributed by atoms with Crippen molar-refractivity contribution in [3.05, 3.63) is 59.7 Å². The van der Waals surface area contributed by atoms with Crippen molar-refractivity contribution in [1.82, 2.24) is 5.06 Å². The van der Waals surface area contributed by atoms with Crippen molar-refractivity contribution in [1.29, 1.82) is 0 Å². The molecular weight excluding hydrogens is 278 g/mol. The zero-order chi connectivity index (χ0) is 14.9. The highest BCUT2D eigenvalue weighted by Gasteiger charge is 2.35. The highest BCUT2D eigenvalue weighted by atomic mass is 16.7. The Kier molecular flexibility index (Phi) is 3.31. The topological polar surface area (TPSA) is 38.8 Å². The van der Waals surface area contributed by atoms with Gasteiger partial charge < -0.3 is 9.57 Å². The Morgan fingerprint density at radius 2 is 1.50 bits per heavy atom. The van der Waals surface area contributed by atoms with E-state index in [0.29, 0.717) is 0 Å². The Labute approximate surface area is 129 Å². The van der Waals surface area contributed by atoms with Gasteiger partial charge in [-0.15, -0.1) is 5.06 Å². The molecule has 0 atom stereocenters. The predicted molar refractivity (Wildman–Crippen MR) is 81.7 cm³/mol. The van der Waals surface area contributed by atoms with E-state index >= 15 is 0 Å². The van der Waals surface area contributed by atoms with Crippen molar-refractivity contribution in [3.8, 4) is 11.5 Å². The van der Waals surface area contributed by atoms with E-state index in [0.717, 1.165) is 48.6 Å². The van der Waals surface area contributed by atoms with Crippen LogP contribution in [0.15, 0.2) is 48.5 Å². The molecule has 0 N–H and O–H groups in total. The smallest absolute Gasteiger partial charge is 0.337 e. The van der Waals surface area contributed by atoms with E-state index in [4.69, 9.17) is 9.57 Å². The van der Waals surface area contributed by atoms with Gasteiger partial charge in [0.1, 0.15) is 17.4 Å². The summed E-state index contributed by atoms with van der Waals surface area (Å²) in [6.07, 6.45) is 2.16. The number of carbonyl (C=O) groups is 1. The lowest BCUT2D eigenvalue weighted by Crippen LogP contribution is -2.29. The number of para-hydroxylation sites is 2. The normalized spacial score (nSPS) is 17.5. The molecule has 112 valence electrons. The lowest BCUT2D eigenvalue weighted by atomic mass is 9.88. The minimum atomic E-state index is -0.429. The van der Waals surface area contributed by atoms with Gasteiger partial charge in [-0.3, -0.25) is 0 Å². The molecule has 4 nitrogen and oxygen atoms in total. The number of hydroxylamine groups is 2. The monoisotopic (exact) mass is 295 g/mol. The molecule has 22 heavy (non-hydrogen) atoms. The molecule has 1 fully saturated rings. The first-order valence-corrected chi connectivity index (χ1v) is 7.65. The standard InChI is InChI=1S/C18H17NO3/c20-18(22-19-11-5-6-12-19)17-13-7-1-3-9-15(13)21-16-10-4-2-8-14(16)17/h1-4,7-10,17H,5-6,11-12H2. The summed E-state index contributed by atoms with van der Waals surface area (Å²) in [5.41, 5.74) is 1.73. The van der Waals surface area contributed by atoms with Crippen molar-refractivity contribution in [2.45, 2.75) is 18.8 Å². The second-order valence-corrected chi connectivity index (χ2v) is 5.66. The summed E-state index contributed by atoms with van der Waals surface area (Å²) in [6.45, 7) is 1.64. The van der Waals surface area contributed by atoms with Gasteiger partial charge in [-0.2, -0.15) is 0 Å². The molecule has 4 rings (SSSR count). The van der Waals surface area contributed by atoms with Crippen LogP contribution in [0.5, 0.6) is 11.5 Å². The SMILES string of the molecule is O=C(ON1CCCC1)C1c2ccccc2Oc2ccccc21. The van der Waals surface area contributed by atoms with Gasteiger partial charge in [-0.05, 0) is 25.0 Å². The lowest BCUT2D eigenvalue weighted by Gasteiger charge is -2.27. The molecule has 0 amide bonds. The average molecular weight is 295 g/mol. The summed E-state index contributed by atoms with van der Waals surface area (Å²) < 4.78 is 5.91. The van der Waals surface area contributed by atoms with Crippen molar-refractivity contribution in [2.75, 3.05) is 13.1 Å². The molecule has 0 bridgehead atoms. The molecule has 2 heterocycles. The van der Waals surface area contributed by atoms with Gasteiger partial charge in [-0.1, -0.05) is 36.4 Å². The number of nitrogens with zero attached hydrogens (tertiary/aromatic N) is 1. The Balaban J connectivity index is 1.72. The molecule has 0 saturated carbocycles. The Morgan fingerprint density at radius 1 is 0.955 bits per heavy atom. The van der Waals surface area contributed by atoms with Gasteiger partial charge in [0.05, 0.1) is 0 Å². The van der Waals surface area contributed by atoms with Crippen LogP contribution in [0.3, 0.4) is 0 Å². The van der Waals surface area contributed by atoms with Crippen molar-refractivity contribution >= 4 is 5.97 Å². The molecule has 1 saturated heterocycles. The van der Waals surface area contributed by atoms with E-state index in [-0.39, 0.29) is 5.97 Å². The van der Waals surface area contributed by atoms with Crippen molar-refractivity contribution < 1.29 is 14.4 Å². The van der Waals surface area contributed by atoms with E-state index in [1.807, 2.05) is 48.5 Å². The Bertz CT molecular complexity index is 661. The second kappa shape index (κ2) is 5.46. The summed E-state index contributed by atoms with van der Waals surface area (Å²) in [5, 5.41) is 1.77. The summed E-state index contributed by atoms with van der Waals surface area (Å²) in [6, 6.07) is 15.3. The minimum absolute atomic E-state index is 0.231. The lowest BCUT2D eigenvalue weighted by molar-refractivity contribution is -0.186. The maximum Gasteiger partial charge on any atom is 0.337 e. The Morgan fingerprint density at radius 3 is 2.09 bits per heavy atom. The van der Waals surface area contributed by atoms with Crippen LogP contribution in [-0.4, -0.2) is 24.1 Å². The van der Waals surface area contributed by atoms with E-state index in [1.54, 1.807) is 5.06 Å².